The molecule has 0 unspecified atom stereocenters. The number of H-pyrrole nitrogens is 1. The maximum atomic E-state index is 10.2. The molecule has 5 rings (SSSR count). The molecule has 0 fully saturated rings. The van der Waals surface area contributed by atoms with Crippen LogP contribution in [0.3, 0.4) is 0 Å². The van der Waals surface area contributed by atoms with Gasteiger partial charge in [-0.1, -0.05) is 0 Å². The number of hydrogen-bond donors (Lipinski definition) is 2. The summed E-state index contributed by atoms with van der Waals surface area (Å²) in [5, 5.41) is 10.2. The Morgan fingerprint density at radius 3 is 1.52 bits per heavy atom. The number of hydrogen-bond acceptors (Lipinski definition) is 7. The smallest absolute Gasteiger partial charge is 0.172 e. The van der Waals surface area contributed by atoms with Gasteiger partial charge < -0.3 is 10.2 Å². The molecule has 0 saturated heterocycles. The quantitative estimate of drug-likeness (QED) is 0.416. The molecule has 3 aromatic rings. The van der Waals surface area contributed by atoms with Crippen molar-refractivity contribution in [1.29, 1.82) is 0 Å². The number of fused-ring (bicyclic) bond motifs is 8. The Morgan fingerprint density at radius 2 is 1.04 bits per heavy atom. The Bertz CT molecular complexity index is 1130. The van der Waals surface area contributed by atoms with Gasteiger partial charge in [0.1, 0.15) is 11.3 Å². The Kier molecular flexibility index (Phi) is 2.74. The van der Waals surface area contributed by atoms with Crippen LogP contribution in [0.5, 0.6) is 0 Å². The minimum Gasteiger partial charge on any atom is -0.425 e. The molecule has 0 spiro atoms. The number of nitrogens with one attached hydrogen (secondary N) is 1. The second kappa shape index (κ2) is 5.06. The Morgan fingerprint density at radius 1 is 0.600 bits per heavy atom. The second-order valence-electron chi connectivity index (χ2n) is 5.36. The average Bonchev–Trinajstić information content (AvgIpc) is 3.36. The van der Waals surface area contributed by atoms with Crippen LogP contribution < -0.4 is 0 Å². The highest BCUT2D eigenvalue weighted by Gasteiger charge is 2.06. The SMILES string of the molecule is On1c2ccc1nc1nc(nc3ccc(nc4nc(n2)C=C4)[nH]3)C=C1. The third-order valence-electron chi connectivity index (χ3n) is 3.62. The number of nitrogens with zero attached hydrogens (tertiary/aromatic N) is 7. The first-order valence-corrected chi connectivity index (χ1v) is 7.47. The van der Waals surface area contributed by atoms with Gasteiger partial charge in [0, 0.05) is 0 Å². The molecule has 0 radical (unpaired) electrons. The van der Waals surface area contributed by atoms with Crippen molar-refractivity contribution in [2.24, 2.45) is 0 Å². The number of aromatic nitrogens is 8. The van der Waals surface area contributed by atoms with Gasteiger partial charge in [-0.15, -0.1) is 0 Å². The summed E-state index contributed by atoms with van der Waals surface area (Å²) >= 11 is 0. The molecule has 0 aliphatic carbocycles. The second-order valence-corrected chi connectivity index (χ2v) is 5.36. The Labute approximate surface area is 140 Å². The molecule has 25 heavy (non-hydrogen) atoms. The standard InChI is InChI=1S/C16H10N8O/c25-24-15-7-8-16(24)23-14-6-4-12(21-14)19-10-2-1-9(17-10)18-11-3-5-13(20-11)22-15/h1-8,25H,(H,17,18,19,20,21,22,23). The molecule has 0 aromatic carbocycles. The summed E-state index contributed by atoms with van der Waals surface area (Å²) in [4.78, 5) is 29.1. The van der Waals surface area contributed by atoms with E-state index in [0.717, 1.165) is 4.73 Å². The van der Waals surface area contributed by atoms with E-state index in [2.05, 4.69) is 34.9 Å². The van der Waals surface area contributed by atoms with E-state index in [1.807, 2.05) is 0 Å². The van der Waals surface area contributed by atoms with Crippen LogP contribution in [0.15, 0.2) is 24.3 Å². The summed E-state index contributed by atoms with van der Waals surface area (Å²) in [6.45, 7) is 0. The molecule has 9 nitrogen and oxygen atoms in total. The Hall–Kier alpha value is -3.88. The van der Waals surface area contributed by atoms with Gasteiger partial charge in [-0.2, -0.15) is 4.73 Å². The summed E-state index contributed by atoms with van der Waals surface area (Å²) in [7, 11) is 0. The summed E-state index contributed by atoms with van der Waals surface area (Å²) in [5.74, 6) is 1.90. The summed E-state index contributed by atoms with van der Waals surface area (Å²) in [5.41, 5.74) is 1.88. The lowest BCUT2D eigenvalue weighted by Crippen LogP contribution is -1.94. The van der Waals surface area contributed by atoms with Crippen molar-refractivity contribution in [3.05, 3.63) is 47.6 Å². The maximum absolute atomic E-state index is 10.2. The molecule has 120 valence electrons. The predicted molar refractivity (Wildman–Crippen MR) is 90.9 cm³/mol. The third-order valence-corrected chi connectivity index (χ3v) is 3.62. The average molecular weight is 330 g/mol. The molecule has 5 heterocycles. The number of aromatic amines is 1. The predicted octanol–water partition coefficient (Wildman–Crippen LogP) is 1.95. The first kappa shape index (κ1) is 13.5. The van der Waals surface area contributed by atoms with E-state index in [1.54, 1.807) is 48.6 Å². The van der Waals surface area contributed by atoms with E-state index in [4.69, 9.17) is 0 Å². The van der Waals surface area contributed by atoms with Crippen molar-refractivity contribution >= 4 is 46.9 Å². The van der Waals surface area contributed by atoms with E-state index in [0.29, 0.717) is 45.9 Å². The molecule has 0 saturated carbocycles. The van der Waals surface area contributed by atoms with Crippen LogP contribution in [0.25, 0.3) is 46.9 Å². The lowest BCUT2D eigenvalue weighted by atomic mass is 10.5. The fraction of sp³-hybridized carbons (Fsp3) is 0. The molecule has 2 aliphatic rings. The monoisotopic (exact) mass is 330 g/mol. The molecule has 0 atom stereocenters. The summed E-state index contributed by atoms with van der Waals surface area (Å²) in [6, 6.07) is 6.91. The van der Waals surface area contributed by atoms with E-state index < -0.39 is 0 Å². The molecule has 9 heteroatoms. The van der Waals surface area contributed by atoms with Crippen LogP contribution in [0, 0.1) is 0 Å². The van der Waals surface area contributed by atoms with Gasteiger partial charge in [-0.05, 0) is 48.6 Å². The zero-order chi connectivity index (χ0) is 16.8. The van der Waals surface area contributed by atoms with Crippen LogP contribution in [0.2, 0.25) is 0 Å². The van der Waals surface area contributed by atoms with E-state index in [1.165, 1.54) is 0 Å². The van der Waals surface area contributed by atoms with Crippen molar-refractivity contribution in [2.45, 2.75) is 0 Å². The first-order valence-electron chi connectivity index (χ1n) is 7.47. The topological polar surface area (TPSA) is 118 Å². The van der Waals surface area contributed by atoms with Crippen LogP contribution in [-0.2, 0) is 0 Å². The van der Waals surface area contributed by atoms with Crippen LogP contribution in [-0.4, -0.2) is 44.8 Å². The highest BCUT2D eigenvalue weighted by atomic mass is 16.5. The van der Waals surface area contributed by atoms with Gasteiger partial charge in [0.25, 0.3) is 0 Å². The van der Waals surface area contributed by atoms with Crippen LogP contribution in [0.4, 0.5) is 0 Å². The van der Waals surface area contributed by atoms with Crippen molar-refractivity contribution in [3.63, 3.8) is 0 Å². The minimum absolute atomic E-state index is 0.314. The minimum atomic E-state index is 0.314. The van der Waals surface area contributed by atoms with Crippen molar-refractivity contribution in [1.82, 2.24) is 39.6 Å². The normalized spacial score (nSPS) is 12.6. The lowest BCUT2D eigenvalue weighted by Gasteiger charge is -1.92. The fourth-order valence-corrected chi connectivity index (χ4v) is 2.49. The largest absolute Gasteiger partial charge is 0.425 e. The molecule has 3 aromatic heterocycles. The first-order chi connectivity index (χ1) is 12.2. The maximum Gasteiger partial charge on any atom is 0.172 e. The highest BCUT2D eigenvalue weighted by Crippen LogP contribution is 2.12. The van der Waals surface area contributed by atoms with Gasteiger partial charge in [0.05, 0.1) is 0 Å². The molecule has 8 bridgehead atoms. The third kappa shape index (κ3) is 2.43. The zero-order valence-electron chi connectivity index (χ0n) is 12.7. The van der Waals surface area contributed by atoms with Gasteiger partial charge in [0.2, 0.25) is 0 Å². The molecule has 0 amide bonds. The molecule has 2 aliphatic heterocycles. The Balaban J connectivity index is 1.88. The van der Waals surface area contributed by atoms with Crippen molar-refractivity contribution < 1.29 is 5.21 Å². The fourth-order valence-electron chi connectivity index (χ4n) is 2.49. The van der Waals surface area contributed by atoms with Gasteiger partial charge >= 0.3 is 0 Å². The van der Waals surface area contributed by atoms with Gasteiger partial charge in [0.15, 0.2) is 34.6 Å². The van der Waals surface area contributed by atoms with Crippen molar-refractivity contribution in [3.8, 4) is 0 Å². The molecular formula is C16H10N8O. The van der Waals surface area contributed by atoms with Gasteiger partial charge in [-0.25, -0.2) is 29.9 Å². The molecular weight excluding hydrogens is 320 g/mol. The highest BCUT2D eigenvalue weighted by molar-refractivity contribution is 5.70. The van der Waals surface area contributed by atoms with Crippen LogP contribution in [0.1, 0.15) is 23.3 Å². The van der Waals surface area contributed by atoms with E-state index >= 15 is 0 Å². The molecule has 2 N–H and O–H groups in total. The number of rotatable bonds is 0. The zero-order valence-corrected chi connectivity index (χ0v) is 12.7. The van der Waals surface area contributed by atoms with E-state index in [-0.39, 0.29) is 0 Å². The summed E-state index contributed by atoms with van der Waals surface area (Å²) in [6.07, 6.45) is 6.93. The summed E-state index contributed by atoms with van der Waals surface area (Å²) < 4.78 is 0.888. The van der Waals surface area contributed by atoms with Crippen LogP contribution >= 0.6 is 0 Å². The van der Waals surface area contributed by atoms with Gasteiger partial charge in [-0.3, -0.25) is 0 Å². The van der Waals surface area contributed by atoms with Crippen molar-refractivity contribution in [2.75, 3.05) is 0 Å². The van der Waals surface area contributed by atoms with E-state index in [9.17, 15) is 5.21 Å². The lowest BCUT2D eigenvalue weighted by molar-refractivity contribution is 0.208.